The number of rotatable bonds is 3. The summed E-state index contributed by atoms with van der Waals surface area (Å²) in [5.41, 5.74) is 0.735. The molecule has 0 fully saturated rings. The smallest absolute Gasteiger partial charge is 0.263 e. The number of anilines is 1. The minimum atomic E-state index is -3.71. The summed E-state index contributed by atoms with van der Waals surface area (Å²) < 4.78 is 28.3. The Morgan fingerprint density at radius 1 is 1.10 bits per heavy atom. The quantitative estimate of drug-likeness (QED) is 0.826. The Morgan fingerprint density at radius 2 is 1.85 bits per heavy atom. The molecule has 0 unspecified atom stereocenters. The van der Waals surface area contributed by atoms with E-state index in [4.69, 9.17) is 5.26 Å². The van der Waals surface area contributed by atoms with E-state index >= 15 is 0 Å². The van der Waals surface area contributed by atoms with Crippen molar-refractivity contribution in [2.24, 2.45) is 0 Å². The van der Waals surface area contributed by atoms with Crippen LogP contribution in [0.2, 0.25) is 0 Å². The molecule has 0 saturated carbocycles. The molecule has 0 aliphatic rings. The first-order valence-electron chi connectivity index (χ1n) is 5.40. The third-order valence-corrected chi connectivity index (χ3v) is 5.28. The van der Waals surface area contributed by atoms with Crippen LogP contribution in [0.5, 0.6) is 0 Å². The van der Waals surface area contributed by atoms with E-state index < -0.39 is 10.0 Å². The fourth-order valence-electron chi connectivity index (χ4n) is 1.56. The summed E-state index contributed by atoms with van der Waals surface area (Å²) in [5, 5.41) is 8.81. The minimum Gasteiger partial charge on any atom is -0.280 e. The zero-order valence-corrected chi connectivity index (χ0v) is 14.0. The molecule has 7 heteroatoms. The van der Waals surface area contributed by atoms with Gasteiger partial charge in [-0.1, -0.05) is 22.0 Å². The summed E-state index contributed by atoms with van der Waals surface area (Å²) in [5.74, 6) is 0. The lowest BCUT2D eigenvalue weighted by Gasteiger charge is -2.10. The Kier molecular flexibility index (Phi) is 4.48. The standard InChI is InChI=1S/C13H8Br2N2O2S/c14-10-4-5-13(12(15)7-10)20(18,19)17-11-3-1-2-9(6-11)8-16/h1-7,17H. The number of nitrogens with zero attached hydrogens (tertiary/aromatic N) is 1. The maximum atomic E-state index is 12.3. The number of hydrogen-bond acceptors (Lipinski definition) is 3. The molecule has 0 atom stereocenters. The topological polar surface area (TPSA) is 70.0 Å². The molecule has 0 spiro atoms. The summed E-state index contributed by atoms with van der Waals surface area (Å²) in [6.45, 7) is 0. The highest BCUT2D eigenvalue weighted by Gasteiger charge is 2.18. The molecule has 0 heterocycles. The van der Waals surface area contributed by atoms with Crippen LogP contribution < -0.4 is 4.72 Å². The van der Waals surface area contributed by atoms with Gasteiger partial charge in [-0.2, -0.15) is 5.26 Å². The van der Waals surface area contributed by atoms with Crippen molar-refractivity contribution in [2.45, 2.75) is 4.90 Å². The molecule has 0 radical (unpaired) electrons. The van der Waals surface area contributed by atoms with Crippen LogP contribution in [0.25, 0.3) is 0 Å². The van der Waals surface area contributed by atoms with Crippen LogP contribution in [0, 0.1) is 11.3 Å². The summed E-state index contributed by atoms with van der Waals surface area (Å²) in [6, 6.07) is 13.0. The maximum Gasteiger partial charge on any atom is 0.263 e. The van der Waals surface area contributed by atoms with Gasteiger partial charge in [-0.25, -0.2) is 8.42 Å². The average molecular weight is 416 g/mol. The van der Waals surface area contributed by atoms with Crippen molar-refractivity contribution in [2.75, 3.05) is 4.72 Å². The molecule has 2 rings (SSSR count). The zero-order chi connectivity index (χ0) is 14.8. The van der Waals surface area contributed by atoms with Crippen molar-refractivity contribution < 1.29 is 8.42 Å². The molecule has 4 nitrogen and oxygen atoms in total. The SMILES string of the molecule is N#Cc1cccc(NS(=O)(=O)c2ccc(Br)cc2Br)c1. The van der Waals surface area contributed by atoms with Crippen molar-refractivity contribution in [3.05, 3.63) is 57.0 Å². The van der Waals surface area contributed by atoms with Gasteiger partial charge in [0.05, 0.1) is 17.3 Å². The van der Waals surface area contributed by atoms with Gasteiger partial charge < -0.3 is 0 Å². The number of sulfonamides is 1. The lowest BCUT2D eigenvalue weighted by atomic mass is 10.2. The third kappa shape index (κ3) is 3.39. The Morgan fingerprint density at radius 3 is 2.50 bits per heavy atom. The van der Waals surface area contributed by atoms with E-state index in [0.717, 1.165) is 4.47 Å². The van der Waals surface area contributed by atoms with Crippen LogP contribution in [0.4, 0.5) is 5.69 Å². The van der Waals surface area contributed by atoms with Crippen LogP contribution in [0.15, 0.2) is 56.3 Å². The monoisotopic (exact) mass is 414 g/mol. The predicted octanol–water partition coefficient (Wildman–Crippen LogP) is 3.88. The second-order valence-corrected chi connectivity index (χ2v) is 7.29. The largest absolute Gasteiger partial charge is 0.280 e. The normalized spacial score (nSPS) is 10.8. The molecule has 0 bridgehead atoms. The van der Waals surface area contributed by atoms with Crippen LogP contribution in [-0.4, -0.2) is 8.42 Å². The highest BCUT2D eigenvalue weighted by molar-refractivity contribution is 9.11. The second-order valence-electron chi connectivity index (χ2n) is 3.87. The molecular formula is C13H8Br2N2O2S. The zero-order valence-electron chi connectivity index (χ0n) is 9.97. The fourth-order valence-corrected chi connectivity index (χ4v) is 4.35. The van der Waals surface area contributed by atoms with Gasteiger partial charge in [-0.15, -0.1) is 0 Å². The molecule has 0 aliphatic carbocycles. The summed E-state index contributed by atoms with van der Waals surface area (Å²) in [4.78, 5) is 0.128. The van der Waals surface area contributed by atoms with E-state index in [1.165, 1.54) is 12.1 Å². The van der Waals surface area contributed by atoms with Crippen LogP contribution in [-0.2, 0) is 10.0 Å². The van der Waals surface area contributed by atoms with E-state index in [0.29, 0.717) is 15.7 Å². The molecule has 2 aromatic rings. The molecule has 0 aromatic heterocycles. The molecule has 0 amide bonds. The number of benzene rings is 2. The fraction of sp³-hybridized carbons (Fsp3) is 0. The number of nitriles is 1. The Labute approximate surface area is 133 Å². The third-order valence-electron chi connectivity index (χ3n) is 2.43. The van der Waals surface area contributed by atoms with Gasteiger partial charge in [0.2, 0.25) is 0 Å². The van der Waals surface area contributed by atoms with E-state index in [2.05, 4.69) is 36.6 Å². The summed E-state index contributed by atoms with van der Waals surface area (Å²) in [6.07, 6.45) is 0. The minimum absolute atomic E-state index is 0.128. The Hall–Kier alpha value is -1.36. The van der Waals surface area contributed by atoms with Gasteiger partial charge in [0.25, 0.3) is 10.0 Å². The average Bonchev–Trinajstić information content (AvgIpc) is 2.37. The Bertz CT molecular complexity index is 798. The number of nitrogens with one attached hydrogen (secondary N) is 1. The maximum absolute atomic E-state index is 12.3. The highest BCUT2D eigenvalue weighted by atomic mass is 79.9. The molecule has 1 N–H and O–H groups in total. The highest BCUT2D eigenvalue weighted by Crippen LogP contribution is 2.27. The number of halogens is 2. The molecule has 0 aliphatic heterocycles. The van der Waals surface area contributed by atoms with Crippen molar-refractivity contribution in [3.63, 3.8) is 0 Å². The molecule has 0 saturated heterocycles. The van der Waals surface area contributed by atoms with E-state index in [9.17, 15) is 8.42 Å². The van der Waals surface area contributed by atoms with Gasteiger partial charge in [0.15, 0.2) is 0 Å². The lowest BCUT2D eigenvalue weighted by molar-refractivity contribution is 0.600. The second kappa shape index (κ2) is 5.95. The molecule has 102 valence electrons. The summed E-state index contributed by atoms with van der Waals surface area (Å²) in [7, 11) is -3.71. The van der Waals surface area contributed by atoms with Crippen LogP contribution >= 0.6 is 31.9 Å². The first kappa shape index (κ1) is 15.0. The Balaban J connectivity index is 2.38. The lowest BCUT2D eigenvalue weighted by Crippen LogP contribution is -2.13. The first-order valence-corrected chi connectivity index (χ1v) is 8.47. The van der Waals surface area contributed by atoms with Crippen LogP contribution in [0.3, 0.4) is 0 Å². The van der Waals surface area contributed by atoms with Gasteiger partial charge in [0, 0.05) is 8.95 Å². The van der Waals surface area contributed by atoms with Crippen molar-refractivity contribution in [1.29, 1.82) is 5.26 Å². The van der Waals surface area contributed by atoms with Gasteiger partial charge >= 0.3 is 0 Å². The van der Waals surface area contributed by atoms with E-state index in [1.54, 1.807) is 30.3 Å². The van der Waals surface area contributed by atoms with Crippen molar-refractivity contribution in [1.82, 2.24) is 0 Å². The molecule has 20 heavy (non-hydrogen) atoms. The summed E-state index contributed by atoms with van der Waals surface area (Å²) >= 11 is 6.49. The number of hydrogen-bond donors (Lipinski definition) is 1. The van der Waals surface area contributed by atoms with Crippen LogP contribution in [0.1, 0.15) is 5.56 Å². The first-order chi connectivity index (χ1) is 9.42. The van der Waals surface area contributed by atoms with E-state index in [-0.39, 0.29) is 4.90 Å². The van der Waals surface area contributed by atoms with E-state index in [1.807, 2.05) is 6.07 Å². The van der Waals surface area contributed by atoms with Gasteiger partial charge in [-0.05, 0) is 52.3 Å². The predicted molar refractivity (Wildman–Crippen MR) is 83.8 cm³/mol. The van der Waals surface area contributed by atoms with Gasteiger partial charge in [0.1, 0.15) is 4.90 Å². The van der Waals surface area contributed by atoms with Crippen molar-refractivity contribution >= 4 is 47.6 Å². The molecular weight excluding hydrogens is 408 g/mol. The molecule has 2 aromatic carbocycles. The van der Waals surface area contributed by atoms with Crippen molar-refractivity contribution in [3.8, 4) is 6.07 Å². The van der Waals surface area contributed by atoms with Gasteiger partial charge in [-0.3, -0.25) is 4.72 Å².